The molecule has 0 aromatic heterocycles. The van der Waals surface area contributed by atoms with Crippen LogP contribution in [0.1, 0.15) is 50.5 Å². The molecule has 0 saturated heterocycles. The molecule has 1 aromatic rings. The van der Waals surface area contributed by atoms with Crippen LogP contribution in [-0.2, 0) is 11.2 Å². The summed E-state index contributed by atoms with van der Waals surface area (Å²) in [6.07, 6.45) is 11.9. The molecule has 0 amide bonds. The molecule has 21 heavy (non-hydrogen) atoms. The minimum Gasteiger partial charge on any atom is -0.300 e. The van der Waals surface area contributed by atoms with Gasteiger partial charge in [-0.1, -0.05) is 36.4 Å². The number of benzene rings is 1. The maximum atomic E-state index is 11.8. The summed E-state index contributed by atoms with van der Waals surface area (Å²) in [5.74, 6) is 0.406. The fourth-order valence-corrected chi connectivity index (χ4v) is 2.60. The van der Waals surface area contributed by atoms with Crippen molar-refractivity contribution in [1.82, 2.24) is 0 Å². The Hall–Kier alpha value is -1.70. The highest BCUT2D eigenvalue weighted by molar-refractivity contribution is 5.95. The Balaban J connectivity index is 1.51. The van der Waals surface area contributed by atoms with Gasteiger partial charge in [0.2, 0.25) is 0 Å². The normalized spacial score (nSPS) is 14.0. The van der Waals surface area contributed by atoms with Gasteiger partial charge in [-0.05, 0) is 50.2 Å². The molecule has 0 aliphatic carbocycles. The molecule has 1 heterocycles. The number of allylic oxidation sites excluding steroid dienone is 1. The summed E-state index contributed by atoms with van der Waals surface area (Å²) < 4.78 is 0. The van der Waals surface area contributed by atoms with Gasteiger partial charge in [0.1, 0.15) is 5.78 Å². The van der Waals surface area contributed by atoms with Gasteiger partial charge in [-0.25, -0.2) is 0 Å². The van der Waals surface area contributed by atoms with E-state index in [0.29, 0.717) is 12.2 Å². The van der Waals surface area contributed by atoms with Gasteiger partial charge in [0.25, 0.3) is 0 Å². The van der Waals surface area contributed by atoms with E-state index in [1.807, 2.05) is 6.07 Å². The van der Waals surface area contributed by atoms with Crippen molar-refractivity contribution < 1.29 is 4.79 Å². The van der Waals surface area contributed by atoms with Crippen molar-refractivity contribution in [2.45, 2.75) is 51.4 Å². The molecule has 2 nitrogen and oxygen atoms in total. The first-order chi connectivity index (χ1) is 10.3. The standard InChI is InChI=1S/C19H25NO/c21-19(15-8-13-18-12-6-7-16-20-18)14-5-4-11-17-9-2-1-3-10-17/h1-3,6,9-10,12H,4-5,7-8,11,13-16H2. The SMILES string of the molecule is O=C(CCCCc1ccccc1)CCCC1=NCCC=C1. The predicted octanol–water partition coefficient (Wildman–Crippen LogP) is 4.54. The minimum absolute atomic E-state index is 0.406. The summed E-state index contributed by atoms with van der Waals surface area (Å²) in [5.41, 5.74) is 2.53. The number of ketones is 1. The quantitative estimate of drug-likeness (QED) is 0.612. The lowest BCUT2D eigenvalue weighted by Gasteiger charge is -2.06. The van der Waals surface area contributed by atoms with E-state index in [1.165, 1.54) is 5.56 Å². The van der Waals surface area contributed by atoms with Crippen molar-refractivity contribution in [2.24, 2.45) is 4.99 Å². The molecule has 0 bridgehead atoms. The van der Waals surface area contributed by atoms with Crippen LogP contribution in [0.2, 0.25) is 0 Å². The molecular weight excluding hydrogens is 258 g/mol. The van der Waals surface area contributed by atoms with Crippen molar-refractivity contribution in [3.8, 4) is 0 Å². The number of nitrogens with zero attached hydrogens (tertiary/aromatic N) is 1. The summed E-state index contributed by atoms with van der Waals surface area (Å²) >= 11 is 0. The van der Waals surface area contributed by atoms with Crippen molar-refractivity contribution in [3.63, 3.8) is 0 Å². The Labute approximate surface area is 128 Å². The number of unbranched alkanes of at least 4 members (excludes halogenated alkanes) is 1. The average molecular weight is 283 g/mol. The number of aliphatic imine (C=N–C) groups is 1. The van der Waals surface area contributed by atoms with Crippen LogP contribution in [0.5, 0.6) is 0 Å². The van der Waals surface area contributed by atoms with Gasteiger partial charge in [-0.3, -0.25) is 9.79 Å². The summed E-state index contributed by atoms with van der Waals surface area (Å²) in [6, 6.07) is 10.5. The minimum atomic E-state index is 0.406. The third-order valence-corrected chi connectivity index (χ3v) is 3.82. The number of aryl methyl sites for hydroxylation is 1. The molecular formula is C19H25NO. The van der Waals surface area contributed by atoms with Crippen molar-refractivity contribution in [2.75, 3.05) is 6.54 Å². The molecule has 2 heteroatoms. The van der Waals surface area contributed by atoms with Gasteiger partial charge in [0, 0.05) is 25.1 Å². The van der Waals surface area contributed by atoms with E-state index in [1.54, 1.807) is 0 Å². The van der Waals surface area contributed by atoms with Gasteiger partial charge >= 0.3 is 0 Å². The number of dihydropyridines is 1. The number of hydrogen-bond acceptors (Lipinski definition) is 2. The molecule has 0 spiro atoms. The van der Waals surface area contributed by atoms with Gasteiger partial charge in [-0.15, -0.1) is 0 Å². The Morgan fingerprint density at radius 2 is 1.81 bits per heavy atom. The Bertz CT molecular complexity index is 488. The third-order valence-electron chi connectivity index (χ3n) is 3.82. The molecule has 0 unspecified atom stereocenters. The fraction of sp³-hybridized carbons (Fsp3) is 0.474. The monoisotopic (exact) mass is 283 g/mol. The summed E-state index contributed by atoms with van der Waals surface area (Å²) in [5, 5.41) is 0. The van der Waals surface area contributed by atoms with Crippen LogP contribution in [0.4, 0.5) is 0 Å². The first-order valence-electron chi connectivity index (χ1n) is 8.10. The van der Waals surface area contributed by atoms with E-state index in [-0.39, 0.29) is 0 Å². The molecule has 2 rings (SSSR count). The number of rotatable bonds is 9. The largest absolute Gasteiger partial charge is 0.300 e. The van der Waals surface area contributed by atoms with Crippen LogP contribution < -0.4 is 0 Å². The lowest BCUT2D eigenvalue weighted by molar-refractivity contribution is -0.119. The van der Waals surface area contributed by atoms with Crippen LogP contribution in [0.3, 0.4) is 0 Å². The Kier molecular flexibility index (Phi) is 6.93. The molecule has 0 N–H and O–H groups in total. The topological polar surface area (TPSA) is 29.4 Å². The van der Waals surface area contributed by atoms with E-state index in [4.69, 9.17) is 0 Å². The molecule has 0 fully saturated rings. The van der Waals surface area contributed by atoms with Crippen molar-refractivity contribution in [1.29, 1.82) is 0 Å². The summed E-state index contributed by atoms with van der Waals surface area (Å²) in [6.45, 7) is 0.916. The van der Waals surface area contributed by atoms with Crippen LogP contribution in [0, 0.1) is 0 Å². The number of hydrogen-bond donors (Lipinski definition) is 0. The number of Topliss-reactive ketones (excluding diaryl/α,β-unsaturated/α-hetero) is 1. The van der Waals surface area contributed by atoms with Gasteiger partial charge in [0.05, 0.1) is 0 Å². The number of carbonyl (C=O) groups is 1. The molecule has 0 atom stereocenters. The summed E-state index contributed by atoms with van der Waals surface area (Å²) in [7, 11) is 0. The highest BCUT2D eigenvalue weighted by Crippen LogP contribution is 2.10. The fourth-order valence-electron chi connectivity index (χ4n) is 2.60. The zero-order chi connectivity index (χ0) is 14.8. The van der Waals surface area contributed by atoms with E-state index in [0.717, 1.165) is 57.2 Å². The highest BCUT2D eigenvalue weighted by Gasteiger charge is 2.04. The lowest BCUT2D eigenvalue weighted by atomic mass is 10.0. The van der Waals surface area contributed by atoms with E-state index in [2.05, 4.69) is 41.4 Å². The van der Waals surface area contributed by atoms with Gasteiger partial charge < -0.3 is 0 Å². The second-order valence-corrected chi connectivity index (χ2v) is 5.65. The third kappa shape index (κ3) is 6.52. The van der Waals surface area contributed by atoms with E-state index < -0.39 is 0 Å². The highest BCUT2D eigenvalue weighted by atomic mass is 16.1. The zero-order valence-corrected chi connectivity index (χ0v) is 12.8. The van der Waals surface area contributed by atoms with Crippen molar-refractivity contribution >= 4 is 11.5 Å². The second-order valence-electron chi connectivity index (χ2n) is 5.65. The molecule has 1 aliphatic heterocycles. The maximum absolute atomic E-state index is 11.8. The van der Waals surface area contributed by atoms with Crippen LogP contribution >= 0.6 is 0 Å². The maximum Gasteiger partial charge on any atom is 0.132 e. The zero-order valence-electron chi connectivity index (χ0n) is 12.8. The predicted molar refractivity (Wildman–Crippen MR) is 88.9 cm³/mol. The summed E-state index contributed by atoms with van der Waals surface area (Å²) in [4.78, 5) is 16.3. The first-order valence-corrected chi connectivity index (χ1v) is 8.10. The Morgan fingerprint density at radius 1 is 1.00 bits per heavy atom. The lowest BCUT2D eigenvalue weighted by Crippen LogP contribution is -2.03. The Morgan fingerprint density at radius 3 is 2.57 bits per heavy atom. The van der Waals surface area contributed by atoms with Crippen LogP contribution in [0.15, 0.2) is 47.5 Å². The smallest absolute Gasteiger partial charge is 0.132 e. The van der Waals surface area contributed by atoms with Crippen LogP contribution in [0.25, 0.3) is 0 Å². The average Bonchev–Trinajstić information content (AvgIpc) is 2.54. The van der Waals surface area contributed by atoms with Crippen LogP contribution in [-0.4, -0.2) is 18.0 Å². The molecule has 1 aromatic carbocycles. The van der Waals surface area contributed by atoms with E-state index >= 15 is 0 Å². The molecule has 0 saturated carbocycles. The molecule has 1 aliphatic rings. The van der Waals surface area contributed by atoms with Crippen molar-refractivity contribution in [3.05, 3.63) is 48.0 Å². The van der Waals surface area contributed by atoms with E-state index in [9.17, 15) is 4.79 Å². The van der Waals surface area contributed by atoms with Gasteiger partial charge in [0.15, 0.2) is 0 Å². The molecule has 112 valence electrons. The second kappa shape index (κ2) is 9.28. The molecule has 0 radical (unpaired) electrons. The first kappa shape index (κ1) is 15.7. The van der Waals surface area contributed by atoms with Gasteiger partial charge in [-0.2, -0.15) is 0 Å². The number of carbonyl (C=O) groups excluding carboxylic acids is 1.